The van der Waals surface area contributed by atoms with Crippen LogP contribution in [0.2, 0.25) is 0 Å². The highest BCUT2D eigenvalue weighted by atomic mass is 19.1. The van der Waals surface area contributed by atoms with Crippen LogP contribution in [-0.2, 0) is 0 Å². The summed E-state index contributed by atoms with van der Waals surface area (Å²) in [6.45, 7) is 3.38. The van der Waals surface area contributed by atoms with Crippen molar-refractivity contribution >= 4 is 0 Å². The lowest BCUT2D eigenvalue weighted by Crippen LogP contribution is -2.07. The van der Waals surface area contributed by atoms with E-state index in [-0.39, 0.29) is 5.56 Å². The van der Waals surface area contributed by atoms with Crippen LogP contribution < -0.4 is 4.74 Å². The van der Waals surface area contributed by atoms with Crippen molar-refractivity contribution in [1.29, 1.82) is 0 Å². The van der Waals surface area contributed by atoms with E-state index in [4.69, 9.17) is 4.74 Å². The van der Waals surface area contributed by atoms with Gasteiger partial charge in [-0.2, -0.15) is 0 Å². The lowest BCUT2D eigenvalue weighted by molar-refractivity contribution is 0.208. The summed E-state index contributed by atoms with van der Waals surface area (Å²) in [6.07, 6.45) is -1.37. The maximum Gasteiger partial charge on any atom is 0.135 e. The minimum Gasteiger partial charge on any atom is -0.496 e. The Morgan fingerprint density at radius 3 is 2.35 bits per heavy atom. The predicted molar refractivity (Wildman–Crippen MR) is 72.9 cm³/mol. The normalized spacial score (nSPS) is 12.3. The second kappa shape index (κ2) is 5.59. The molecule has 0 spiro atoms. The molecule has 2 aromatic carbocycles. The first-order chi connectivity index (χ1) is 9.45. The fourth-order valence-corrected chi connectivity index (χ4v) is 2.10. The number of aliphatic hydroxyl groups excluding tert-OH is 1. The van der Waals surface area contributed by atoms with Crippen molar-refractivity contribution in [3.8, 4) is 5.75 Å². The minimum absolute atomic E-state index is 0.291. The number of rotatable bonds is 3. The Bertz CT molecular complexity index is 639. The van der Waals surface area contributed by atoms with Crippen LogP contribution in [0.15, 0.2) is 30.3 Å². The van der Waals surface area contributed by atoms with Crippen LogP contribution in [0.3, 0.4) is 0 Å². The van der Waals surface area contributed by atoms with Crippen molar-refractivity contribution in [3.05, 3.63) is 64.2 Å². The highest BCUT2D eigenvalue weighted by Crippen LogP contribution is 2.31. The largest absolute Gasteiger partial charge is 0.496 e. The van der Waals surface area contributed by atoms with E-state index < -0.39 is 17.7 Å². The van der Waals surface area contributed by atoms with Gasteiger partial charge in [-0.05, 0) is 42.7 Å². The molecule has 0 amide bonds. The Morgan fingerprint density at radius 2 is 1.70 bits per heavy atom. The number of aliphatic hydroxyl groups is 1. The fraction of sp³-hybridized carbons (Fsp3) is 0.250. The predicted octanol–water partition coefficient (Wildman–Crippen LogP) is 3.67. The van der Waals surface area contributed by atoms with Gasteiger partial charge in [-0.3, -0.25) is 0 Å². The summed E-state index contributed by atoms with van der Waals surface area (Å²) >= 11 is 0. The van der Waals surface area contributed by atoms with Crippen molar-refractivity contribution in [2.45, 2.75) is 20.0 Å². The maximum atomic E-state index is 14.0. The Kier molecular flexibility index (Phi) is 4.04. The smallest absolute Gasteiger partial charge is 0.135 e. The molecule has 0 bridgehead atoms. The van der Waals surface area contributed by atoms with Crippen LogP contribution >= 0.6 is 0 Å². The molecule has 0 aromatic heterocycles. The number of hydrogen-bond donors (Lipinski definition) is 1. The van der Waals surface area contributed by atoms with Crippen LogP contribution in [0.25, 0.3) is 0 Å². The van der Waals surface area contributed by atoms with E-state index in [1.54, 1.807) is 18.2 Å². The van der Waals surface area contributed by atoms with Crippen LogP contribution in [-0.4, -0.2) is 12.2 Å². The second-order valence-electron chi connectivity index (χ2n) is 4.72. The highest BCUT2D eigenvalue weighted by Gasteiger charge is 2.21. The molecule has 2 aromatic rings. The molecule has 0 saturated carbocycles. The molecule has 0 radical (unpaired) electrons. The molecule has 4 heteroatoms. The summed E-state index contributed by atoms with van der Waals surface area (Å²) < 4.78 is 33.0. The van der Waals surface area contributed by atoms with Crippen LogP contribution in [0.5, 0.6) is 5.75 Å². The number of methoxy groups -OCH3 is 1. The van der Waals surface area contributed by atoms with Crippen LogP contribution in [0.1, 0.15) is 28.4 Å². The summed E-state index contributed by atoms with van der Waals surface area (Å²) in [5.41, 5.74) is 1.22. The lowest BCUT2D eigenvalue weighted by atomic mass is 9.97. The number of hydrogen-bond acceptors (Lipinski definition) is 2. The van der Waals surface area contributed by atoms with Crippen molar-refractivity contribution in [2.24, 2.45) is 0 Å². The highest BCUT2D eigenvalue weighted by molar-refractivity contribution is 5.41. The Balaban J connectivity index is 2.51. The topological polar surface area (TPSA) is 29.5 Å². The quantitative estimate of drug-likeness (QED) is 0.928. The van der Waals surface area contributed by atoms with E-state index in [1.165, 1.54) is 20.1 Å². The summed E-state index contributed by atoms with van der Waals surface area (Å²) in [5.74, 6) is -0.924. The molecule has 0 aliphatic carbocycles. The summed E-state index contributed by atoms with van der Waals surface area (Å²) in [7, 11) is 1.51. The molecule has 1 unspecified atom stereocenters. The molecule has 0 fully saturated rings. The van der Waals surface area contributed by atoms with Gasteiger partial charge in [-0.25, -0.2) is 8.78 Å². The Morgan fingerprint density at radius 1 is 1.05 bits per heavy atom. The third kappa shape index (κ3) is 2.51. The molecule has 2 rings (SSSR count). The molecule has 0 aliphatic heterocycles. The van der Waals surface area contributed by atoms with E-state index in [2.05, 4.69) is 0 Å². The van der Waals surface area contributed by atoms with Crippen molar-refractivity contribution in [2.75, 3.05) is 7.11 Å². The maximum absolute atomic E-state index is 14.0. The molecule has 0 saturated heterocycles. The lowest BCUT2D eigenvalue weighted by Gasteiger charge is -2.16. The number of aryl methyl sites for hydroxylation is 2. The zero-order chi connectivity index (χ0) is 14.9. The Labute approximate surface area is 116 Å². The van der Waals surface area contributed by atoms with Gasteiger partial charge >= 0.3 is 0 Å². The van der Waals surface area contributed by atoms with Gasteiger partial charge < -0.3 is 9.84 Å². The van der Waals surface area contributed by atoms with E-state index in [9.17, 15) is 13.9 Å². The van der Waals surface area contributed by atoms with Crippen molar-refractivity contribution < 1.29 is 18.6 Å². The average molecular weight is 278 g/mol. The van der Waals surface area contributed by atoms with Crippen molar-refractivity contribution in [1.82, 2.24) is 0 Å². The first-order valence-electron chi connectivity index (χ1n) is 6.22. The molecular formula is C16H16F2O2. The van der Waals surface area contributed by atoms with E-state index in [1.807, 2.05) is 6.92 Å². The van der Waals surface area contributed by atoms with E-state index in [0.717, 1.165) is 11.6 Å². The summed E-state index contributed by atoms with van der Waals surface area (Å²) in [6, 6.07) is 7.45. The van der Waals surface area contributed by atoms with E-state index >= 15 is 0 Å². The molecule has 0 heterocycles. The van der Waals surface area contributed by atoms with Gasteiger partial charge in [-0.15, -0.1) is 0 Å². The summed E-state index contributed by atoms with van der Waals surface area (Å²) in [5, 5.41) is 10.3. The van der Waals surface area contributed by atoms with Crippen LogP contribution in [0.4, 0.5) is 8.78 Å². The zero-order valence-electron chi connectivity index (χ0n) is 11.6. The monoisotopic (exact) mass is 278 g/mol. The second-order valence-corrected chi connectivity index (χ2v) is 4.72. The van der Waals surface area contributed by atoms with Gasteiger partial charge in [0.25, 0.3) is 0 Å². The molecule has 0 aliphatic rings. The van der Waals surface area contributed by atoms with Gasteiger partial charge in [0, 0.05) is 0 Å². The van der Waals surface area contributed by atoms with E-state index in [0.29, 0.717) is 16.9 Å². The number of halogens is 2. The van der Waals surface area contributed by atoms with Gasteiger partial charge in [-0.1, -0.05) is 18.2 Å². The standard InChI is InChI=1S/C16H16F2O2/c1-9-4-6-11(8-13(9)20-3)16(19)14-12(17)7-5-10(2)15(14)18/h4-8,16,19H,1-3H3. The molecule has 1 atom stereocenters. The van der Waals surface area contributed by atoms with Gasteiger partial charge in [0.2, 0.25) is 0 Å². The third-order valence-electron chi connectivity index (χ3n) is 3.34. The Hall–Kier alpha value is -1.94. The number of benzene rings is 2. The van der Waals surface area contributed by atoms with Crippen LogP contribution in [0, 0.1) is 25.5 Å². The van der Waals surface area contributed by atoms with Gasteiger partial charge in [0.15, 0.2) is 0 Å². The fourth-order valence-electron chi connectivity index (χ4n) is 2.10. The third-order valence-corrected chi connectivity index (χ3v) is 3.34. The first kappa shape index (κ1) is 14.5. The SMILES string of the molecule is COc1cc(C(O)c2c(F)ccc(C)c2F)ccc1C. The average Bonchev–Trinajstić information content (AvgIpc) is 2.43. The van der Waals surface area contributed by atoms with Gasteiger partial charge in [0.1, 0.15) is 23.5 Å². The minimum atomic E-state index is -1.37. The van der Waals surface area contributed by atoms with Crippen molar-refractivity contribution in [3.63, 3.8) is 0 Å². The molecule has 20 heavy (non-hydrogen) atoms. The number of ether oxygens (including phenoxy) is 1. The zero-order valence-corrected chi connectivity index (χ0v) is 11.6. The molecule has 106 valence electrons. The van der Waals surface area contributed by atoms with Gasteiger partial charge in [0.05, 0.1) is 12.7 Å². The summed E-state index contributed by atoms with van der Waals surface area (Å²) in [4.78, 5) is 0. The molecule has 1 N–H and O–H groups in total. The molecular weight excluding hydrogens is 262 g/mol. The first-order valence-corrected chi connectivity index (χ1v) is 6.22. The molecule has 2 nitrogen and oxygen atoms in total.